The van der Waals surface area contributed by atoms with Gasteiger partial charge < -0.3 is 19.3 Å². The summed E-state index contributed by atoms with van der Waals surface area (Å²) in [6, 6.07) is 0. The Morgan fingerprint density at radius 2 is 1.94 bits per heavy atom. The van der Waals surface area contributed by atoms with Crippen LogP contribution < -0.4 is 0 Å². The number of carbonyl (C=O) groups is 3. The van der Waals surface area contributed by atoms with E-state index >= 15 is 0 Å². The number of allylic oxidation sites excluding steroid dienone is 3. The predicted octanol–water partition coefficient (Wildman–Crippen LogP) is 4.34. The fraction of sp³-hybridized carbons (Fsp3) is 0.640. The molecular weight excluding hydrogens is 412 g/mol. The van der Waals surface area contributed by atoms with E-state index in [2.05, 4.69) is 17.7 Å². The highest BCUT2D eigenvalue weighted by Gasteiger charge is 2.45. The van der Waals surface area contributed by atoms with Crippen molar-refractivity contribution >= 4 is 17.9 Å². The van der Waals surface area contributed by atoms with Crippen LogP contribution in [0.1, 0.15) is 78.6 Å². The third kappa shape index (κ3) is 9.81. The molecule has 1 rings (SSSR count). The molecule has 1 aliphatic rings. The van der Waals surface area contributed by atoms with Crippen LogP contribution in [0.3, 0.4) is 0 Å². The number of unbranched alkanes of at least 4 members (excludes halogenated alkanes) is 3. The fourth-order valence-corrected chi connectivity index (χ4v) is 3.84. The molecule has 0 saturated heterocycles. The first-order valence-electron chi connectivity index (χ1n) is 11.4. The van der Waals surface area contributed by atoms with E-state index in [0.717, 1.165) is 19.3 Å². The highest BCUT2D eigenvalue weighted by molar-refractivity contribution is 5.69. The largest absolute Gasteiger partial charge is 0.469 e. The van der Waals surface area contributed by atoms with E-state index in [-0.39, 0.29) is 18.8 Å². The smallest absolute Gasteiger partial charge is 0.305 e. The third-order valence-corrected chi connectivity index (χ3v) is 5.41. The molecule has 180 valence electrons. The Labute approximate surface area is 191 Å². The SMILES string of the molecule is CCCCC/C=C\CC1(OC(C)=O)CCC(O)/C1=C/C=C\C(CCC(=O)OC)OC(C)=O. The second-order valence-corrected chi connectivity index (χ2v) is 8.08. The van der Waals surface area contributed by atoms with Gasteiger partial charge in [0.05, 0.1) is 13.2 Å². The first-order valence-corrected chi connectivity index (χ1v) is 11.4. The van der Waals surface area contributed by atoms with Crippen LogP contribution in [0.2, 0.25) is 0 Å². The van der Waals surface area contributed by atoms with Gasteiger partial charge in [-0.1, -0.05) is 44.1 Å². The van der Waals surface area contributed by atoms with E-state index in [0.29, 0.717) is 24.8 Å². The molecule has 1 N–H and O–H groups in total. The standard InChI is InChI=1S/C25H38O7/c1-5-6-7-8-9-10-17-25(32-20(3)27)18-16-23(28)22(25)13-11-12-21(31-19(2)26)14-15-24(29)30-4/h9-13,21,23,28H,5-8,14-18H2,1-4H3/b10-9-,12-11-,22-13-. The molecular formula is C25H38O7. The molecule has 3 unspecified atom stereocenters. The Balaban J connectivity index is 3.00. The molecule has 1 fully saturated rings. The average Bonchev–Trinajstić information content (AvgIpc) is 3.03. The van der Waals surface area contributed by atoms with Crippen LogP contribution in [-0.2, 0) is 28.6 Å². The quantitative estimate of drug-likeness (QED) is 0.193. The van der Waals surface area contributed by atoms with Gasteiger partial charge in [0.25, 0.3) is 0 Å². The Morgan fingerprint density at radius 1 is 1.19 bits per heavy atom. The number of hydrogen-bond acceptors (Lipinski definition) is 7. The number of carbonyl (C=O) groups excluding carboxylic acids is 3. The van der Waals surface area contributed by atoms with Gasteiger partial charge in [0.2, 0.25) is 0 Å². The van der Waals surface area contributed by atoms with E-state index in [1.165, 1.54) is 27.4 Å². The monoisotopic (exact) mass is 450 g/mol. The van der Waals surface area contributed by atoms with Gasteiger partial charge in [0.15, 0.2) is 0 Å². The lowest BCUT2D eigenvalue weighted by atomic mass is 9.91. The van der Waals surface area contributed by atoms with Crippen LogP contribution in [0.25, 0.3) is 0 Å². The van der Waals surface area contributed by atoms with Gasteiger partial charge in [0.1, 0.15) is 11.7 Å². The number of rotatable bonds is 13. The molecule has 0 amide bonds. The van der Waals surface area contributed by atoms with E-state index in [1.807, 2.05) is 6.08 Å². The van der Waals surface area contributed by atoms with Gasteiger partial charge in [-0.05, 0) is 38.2 Å². The van der Waals surface area contributed by atoms with Gasteiger partial charge in [-0.2, -0.15) is 0 Å². The summed E-state index contributed by atoms with van der Waals surface area (Å²) in [5.74, 6) is -1.25. The summed E-state index contributed by atoms with van der Waals surface area (Å²) >= 11 is 0. The second-order valence-electron chi connectivity index (χ2n) is 8.08. The molecule has 0 heterocycles. The van der Waals surface area contributed by atoms with Crippen LogP contribution in [0, 0.1) is 0 Å². The number of aliphatic hydroxyl groups excluding tert-OH is 1. The van der Waals surface area contributed by atoms with Crippen molar-refractivity contribution in [2.45, 2.75) is 96.4 Å². The van der Waals surface area contributed by atoms with Crippen LogP contribution in [0.15, 0.2) is 36.0 Å². The first kappa shape index (κ1) is 27.6. The first-order chi connectivity index (χ1) is 15.2. The molecule has 0 aromatic heterocycles. The zero-order valence-corrected chi connectivity index (χ0v) is 19.8. The van der Waals surface area contributed by atoms with Crippen LogP contribution in [-0.4, -0.2) is 47.9 Å². The van der Waals surface area contributed by atoms with Crippen molar-refractivity contribution in [3.8, 4) is 0 Å². The van der Waals surface area contributed by atoms with Crippen LogP contribution in [0.5, 0.6) is 0 Å². The number of esters is 3. The minimum atomic E-state index is -0.889. The molecule has 1 aliphatic carbocycles. The summed E-state index contributed by atoms with van der Waals surface area (Å²) in [4.78, 5) is 34.6. The molecule has 3 atom stereocenters. The summed E-state index contributed by atoms with van der Waals surface area (Å²) in [7, 11) is 1.30. The Hall–Kier alpha value is -2.41. The highest BCUT2D eigenvalue weighted by atomic mass is 16.6. The van der Waals surface area contributed by atoms with Crippen molar-refractivity contribution in [3.05, 3.63) is 36.0 Å². The maximum Gasteiger partial charge on any atom is 0.305 e. The van der Waals surface area contributed by atoms with E-state index in [1.54, 1.807) is 18.2 Å². The van der Waals surface area contributed by atoms with Gasteiger partial charge in [-0.25, -0.2) is 0 Å². The normalized spacial score (nSPS) is 23.0. The van der Waals surface area contributed by atoms with E-state index in [9.17, 15) is 19.5 Å². The highest BCUT2D eigenvalue weighted by Crippen LogP contribution is 2.42. The van der Waals surface area contributed by atoms with Crippen LogP contribution in [0.4, 0.5) is 0 Å². The number of methoxy groups -OCH3 is 1. The van der Waals surface area contributed by atoms with Crippen molar-refractivity contribution in [2.75, 3.05) is 7.11 Å². The summed E-state index contributed by atoms with van der Waals surface area (Å²) < 4.78 is 15.6. The molecule has 0 aromatic rings. The molecule has 0 aliphatic heterocycles. The summed E-state index contributed by atoms with van der Waals surface area (Å²) in [5, 5.41) is 10.6. The predicted molar refractivity (Wildman–Crippen MR) is 122 cm³/mol. The second kappa shape index (κ2) is 14.6. The number of aliphatic hydroxyl groups is 1. The van der Waals surface area contributed by atoms with Gasteiger partial charge in [-0.15, -0.1) is 0 Å². The van der Waals surface area contributed by atoms with E-state index in [4.69, 9.17) is 9.47 Å². The molecule has 0 bridgehead atoms. The summed E-state index contributed by atoms with van der Waals surface area (Å²) in [6.07, 6.45) is 14.2. The summed E-state index contributed by atoms with van der Waals surface area (Å²) in [6.45, 7) is 4.83. The molecule has 0 spiro atoms. The van der Waals surface area contributed by atoms with Gasteiger partial charge in [-0.3, -0.25) is 14.4 Å². The molecule has 0 aromatic carbocycles. The Kier molecular flexibility index (Phi) is 12.6. The topological polar surface area (TPSA) is 99.1 Å². The number of hydrogen-bond donors (Lipinski definition) is 1. The van der Waals surface area contributed by atoms with Crippen LogP contribution >= 0.6 is 0 Å². The van der Waals surface area contributed by atoms with Crippen molar-refractivity contribution < 1.29 is 33.7 Å². The Morgan fingerprint density at radius 3 is 2.56 bits per heavy atom. The lowest BCUT2D eigenvalue weighted by Crippen LogP contribution is -2.34. The minimum absolute atomic E-state index is 0.109. The fourth-order valence-electron chi connectivity index (χ4n) is 3.84. The van der Waals surface area contributed by atoms with E-state index < -0.39 is 29.7 Å². The van der Waals surface area contributed by atoms with Gasteiger partial charge >= 0.3 is 17.9 Å². The molecule has 32 heavy (non-hydrogen) atoms. The third-order valence-electron chi connectivity index (χ3n) is 5.41. The molecule has 0 radical (unpaired) electrons. The zero-order chi connectivity index (χ0) is 24.0. The maximum absolute atomic E-state index is 11.8. The van der Waals surface area contributed by atoms with Crippen molar-refractivity contribution in [2.24, 2.45) is 0 Å². The molecule has 1 saturated carbocycles. The lowest BCUT2D eigenvalue weighted by Gasteiger charge is -2.30. The minimum Gasteiger partial charge on any atom is -0.469 e. The molecule has 7 nitrogen and oxygen atoms in total. The lowest BCUT2D eigenvalue weighted by molar-refractivity contribution is -0.152. The van der Waals surface area contributed by atoms with Crippen molar-refractivity contribution in [1.82, 2.24) is 0 Å². The number of ether oxygens (including phenoxy) is 3. The van der Waals surface area contributed by atoms with Crippen molar-refractivity contribution in [1.29, 1.82) is 0 Å². The summed E-state index contributed by atoms with van der Waals surface area (Å²) in [5.41, 5.74) is -0.267. The maximum atomic E-state index is 11.8. The van der Waals surface area contributed by atoms with Gasteiger partial charge in [0, 0.05) is 32.3 Å². The average molecular weight is 451 g/mol. The molecule has 7 heteroatoms. The zero-order valence-electron chi connectivity index (χ0n) is 19.8. The van der Waals surface area contributed by atoms with Crippen molar-refractivity contribution in [3.63, 3.8) is 0 Å². The Bertz CT molecular complexity index is 707.